The summed E-state index contributed by atoms with van der Waals surface area (Å²) in [4.78, 5) is 26.6. The number of aromatic hydroxyl groups is 1. The maximum atomic E-state index is 11.5. The van der Waals surface area contributed by atoms with E-state index < -0.39 is 11.9 Å². The van der Waals surface area contributed by atoms with E-state index >= 15 is 0 Å². The maximum Gasteiger partial charge on any atom is 0.340 e. The van der Waals surface area contributed by atoms with Gasteiger partial charge < -0.3 is 15.3 Å². The molecule has 0 saturated carbocycles. The van der Waals surface area contributed by atoms with Crippen LogP contribution in [0, 0.1) is 6.92 Å². The summed E-state index contributed by atoms with van der Waals surface area (Å²) in [6.07, 6.45) is 0. The fourth-order valence-electron chi connectivity index (χ4n) is 2.58. The molecule has 6 heteroatoms. The van der Waals surface area contributed by atoms with Crippen molar-refractivity contribution in [3.05, 3.63) is 59.3 Å². The van der Waals surface area contributed by atoms with Gasteiger partial charge in [-0.2, -0.15) is 0 Å². The number of aromatic nitrogens is 1. The highest BCUT2D eigenvalue weighted by atomic mass is 16.4. The molecule has 1 heterocycles. The highest BCUT2D eigenvalue weighted by Gasteiger charge is 2.18. The lowest BCUT2D eigenvalue weighted by molar-refractivity contribution is 0.0685. The predicted octanol–water partition coefficient (Wildman–Crippen LogP) is 3.31. The van der Waals surface area contributed by atoms with Crippen LogP contribution in [-0.4, -0.2) is 32.2 Å². The molecule has 2 aromatic carbocycles. The second-order valence-corrected chi connectivity index (χ2v) is 5.34. The van der Waals surface area contributed by atoms with Crippen molar-refractivity contribution in [2.45, 2.75) is 6.92 Å². The van der Waals surface area contributed by atoms with E-state index in [4.69, 9.17) is 5.11 Å². The van der Waals surface area contributed by atoms with Gasteiger partial charge in [-0.15, -0.1) is 0 Å². The van der Waals surface area contributed by atoms with Crippen LogP contribution in [0.1, 0.15) is 26.4 Å². The Morgan fingerprint density at radius 1 is 0.917 bits per heavy atom. The van der Waals surface area contributed by atoms with Crippen LogP contribution in [0.3, 0.4) is 0 Å². The molecule has 0 aliphatic rings. The lowest BCUT2D eigenvalue weighted by Crippen LogP contribution is -2.02. The molecule has 0 spiro atoms. The van der Waals surface area contributed by atoms with Crippen LogP contribution < -0.4 is 0 Å². The third-order valence-corrected chi connectivity index (χ3v) is 3.81. The number of hydrogen-bond acceptors (Lipinski definition) is 4. The molecule has 0 aliphatic heterocycles. The minimum absolute atomic E-state index is 0.167. The third kappa shape index (κ3) is 2.54. The molecule has 24 heavy (non-hydrogen) atoms. The lowest BCUT2D eigenvalue weighted by Gasteiger charge is -2.10. The number of aromatic carboxylic acids is 2. The number of carboxylic acid groups (broad SMARTS) is 2. The summed E-state index contributed by atoms with van der Waals surface area (Å²) >= 11 is 0. The molecule has 0 bridgehead atoms. The van der Waals surface area contributed by atoms with E-state index in [2.05, 4.69) is 4.98 Å². The summed E-state index contributed by atoms with van der Waals surface area (Å²) in [5, 5.41) is 28.7. The third-order valence-electron chi connectivity index (χ3n) is 3.81. The zero-order valence-corrected chi connectivity index (χ0v) is 12.6. The maximum absolute atomic E-state index is 11.5. The largest absolute Gasteiger partial charge is 0.505 e. The first-order chi connectivity index (χ1) is 11.4. The van der Waals surface area contributed by atoms with Crippen LogP contribution in [0.5, 0.6) is 5.75 Å². The number of benzene rings is 2. The predicted molar refractivity (Wildman–Crippen MR) is 87.5 cm³/mol. The van der Waals surface area contributed by atoms with Crippen LogP contribution in [0.2, 0.25) is 0 Å². The van der Waals surface area contributed by atoms with Crippen LogP contribution in [0.4, 0.5) is 0 Å². The van der Waals surface area contributed by atoms with Gasteiger partial charge in [0, 0.05) is 5.39 Å². The SMILES string of the molecule is Cc1nc2ccc(-c3ccc(C(=O)O)cc3)cc2c(C(=O)O)c1O. The minimum atomic E-state index is -1.23. The molecule has 3 aromatic rings. The first-order valence-corrected chi connectivity index (χ1v) is 7.09. The number of rotatable bonds is 3. The summed E-state index contributed by atoms with van der Waals surface area (Å²) in [6.45, 7) is 1.54. The van der Waals surface area contributed by atoms with Gasteiger partial charge in [0.15, 0.2) is 5.75 Å². The zero-order chi connectivity index (χ0) is 17.4. The summed E-state index contributed by atoms with van der Waals surface area (Å²) in [5.74, 6) is -2.60. The molecule has 0 unspecified atom stereocenters. The van der Waals surface area contributed by atoms with E-state index in [1.54, 1.807) is 37.3 Å². The molecular weight excluding hydrogens is 310 g/mol. The number of fused-ring (bicyclic) bond motifs is 1. The second kappa shape index (κ2) is 5.66. The standard InChI is InChI=1S/C18H13NO5/c1-9-16(20)15(18(23)24)13-8-12(6-7-14(13)19-9)10-2-4-11(5-3-10)17(21)22/h2-8,20H,1H3,(H,21,22)(H,23,24). The number of carbonyl (C=O) groups is 2. The summed E-state index contributed by atoms with van der Waals surface area (Å²) in [7, 11) is 0. The Bertz CT molecular complexity index is 977. The number of hydrogen-bond donors (Lipinski definition) is 3. The van der Waals surface area contributed by atoms with Gasteiger partial charge in [0.25, 0.3) is 0 Å². The average molecular weight is 323 g/mol. The summed E-state index contributed by atoms with van der Waals surface area (Å²) in [5.41, 5.74) is 2.12. The quantitative estimate of drug-likeness (QED) is 0.682. The Kier molecular flexibility index (Phi) is 3.65. The van der Waals surface area contributed by atoms with Crippen molar-refractivity contribution in [3.8, 4) is 16.9 Å². The van der Waals surface area contributed by atoms with Crippen LogP contribution in [0.25, 0.3) is 22.0 Å². The smallest absolute Gasteiger partial charge is 0.340 e. The van der Waals surface area contributed by atoms with Gasteiger partial charge in [0.2, 0.25) is 0 Å². The van der Waals surface area contributed by atoms with Crippen molar-refractivity contribution in [3.63, 3.8) is 0 Å². The molecule has 120 valence electrons. The molecule has 6 nitrogen and oxygen atoms in total. The van der Waals surface area contributed by atoms with Crippen molar-refractivity contribution in [1.29, 1.82) is 0 Å². The Balaban J connectivity index is 2.20. The number of pyridine rings is 1. The number of carboxylic acids is 2. The van der Waals surface area contributed by atoms with E-state index in [1.807, 2.05) is 0 Å². The van der Waals surface area contributed by atoms with Crippen molar-refractivity contribution in [2.24, 2.45) is 0 Å². The average Bonchev–Trinajstić information content (AvgIpc) is 2.55. The van der Waals surface area contributed by atoms with E-state index in [1.165, 1.54) is 12.1 Å². The van der Waals surface area contributed by atoms with Gasteiger partial charge in [-0.1, -0.05) is 18.2 Å². The summed E-state index contributed by atoms with van der Waals surface area (Å²) < 4.78 is 0. The Morgan fingerprint density at radius 2 is 1.54 bits per heavy atom. The van der Waals surface area contributed by atoms with Crippen LogP contribution >= 0.6 is 0 Å². The van der Waals surface area contributed by atoms with Crippen molar-refractivity contribution < 1.29 is 24.9 Å². The Labute approximate surface area is 136 Å². The van der Waals surface area contributed by atoms with Gasteiger partial charge in [-0.3, -0.25) is 0 Å². The molecular formula is C18H13NO5. The first-order valence-electron chi connectivity index (χ1n) is 7.09. The van der Waals surface area contributed by atoms with Crippen molar-refractivity contribution in [2.75, 3.05) is 0 Å². The van der Waals surface area contributed by atoms with E-state index in [0.29, 0.717) is 16.5 Å². The first kappa shape index (κ1) is 15.5. The van der Waals surface area contributed by atoms with E-state index in [9.17, 15) is 19.8 Å². The van der Waals surface area contributed by atoms with Crippen molar-refractivity contribution >= 4 is 22.8 Å². The normalized spacial score (nSPS) is 10.7. The number of nitrogens with zero attached hydrogens (tertiary/aromatic N) is 1. The topological polar surface area (TPSA) is 108 Å². The van der Waals surface area contributed by atoms with E-state index in [-0.39, 0.29) is 22.6 Å². The number of aryl methyl sites for hydroxylation is 1. The Morgan fingerprint density at radius 3 is 2.12 bits per heavy atom. The molecule has 0 atom stereocenters. The Hall–Kier alpha value is -3.41. The molecule has 0 radical (unpaired) electrons. The molecule has 0 amide bonds. The monoisotopic (exact) mass is 323 g/mol. The molecule has 3 rings (SSSR count). The molecule has 0 saturated heterocycles. The van der Waals surface area contributed by atoms with Gasteiger partial charge in [-0.25, -0.2) is 14.6 Å². The van der Waals surface area contributed by atoms with Gasteiger partial charge in [0.05, 0.1) is 16.8 Å². The molecule has 0 aliphatic carbocycles. The van der Waals surface area contributed by atoms with Crippen LogP contribution in [0.15, 0.2) is 42.5 Å². The minimum Gasteiger partial charge on any atom is -0.505 e. The van der Waals surface area contributed by atoms with E-state index in [0.717, 1.165) is 5.56 Å². The highest BCUT2D eigenvalue weighted by molar-refractivity contribution is 6.06. The summed E-state index contributed by atoms with van der Waals surface area (Å²) in [6, 6.07) is 11.3. The van der Waals surface area contributed by atoms with Crippen LogP contribution in [-0.2, 0) is 0 Å². The fraction of sp³-hybridized carbons (Fsp3) is 0.0556. The highest BCUT2D eigenvalue weighted by Crippen LogP contribution is 2.32. The molecule has 3 N–H and O–H groups in total. The fourth-order valence-corrected chi connectivity index (χ4v) is 2.58. The zero-order valence-electron chi connectivity index (χ0n) is 12.6. The molecule has 1 aromatic heterocycles. The lowest BCUT2D eigenvalue weighted by atomic mass is 9.99. The molecule has 0 fully saturated rings. The van der Waals surface area contributed by atoms with Crippen molar-refractivity contribution in [1.82, 2.24) is 4.98 Å². The van der Waals surface area contributed by atoms with Gasteiger partial charge in [-0.05, 0) is 42.3 Å². The van der Waals surface area contributed by atoms with Gasteiger partial charge >= 0.3 is 11.9 Å². The second-order valence-electron chi connectivity index (χ2n) is 5.34. The van der Waals surface area contributed by atoms with Gasteiger partial charge in [0.1, 0.15) is 5.56 Å².